The SMILES string of the molecule is CCCCCCC(Oc1ccc(C(=O)O)cc1)C(=O)NC1=CC=C(c2cc3ccccc3o2)CC1. The second-order valence-corrected chi connectivity index (χ2v) is 8.81. The highest BCUT2D eigenvalue weighted by molar-refractivity contribution is 5.88. The molecule has 0 spiro atoms. The quantitative estimate of drug-likeness (QED) is 0.302. The molecule has 0 bridgehead atoms. The van der Waals surface area contributed by atoms with Crippen LogP contribution in [0, 0.1) is 0 Å². The van der Waals surface area contributed by atoms with Gasteiger partial charge in [0.25, 0.3) is 5.91 Å². The van der Waals surface area contributed by atoms with Gasteiger partial charge in [0.05, 0.1) is 5.56 Å². The molecule has 0 saturated carbocycles. The van der Waals surface area contributed by atoms with E-state index in [-0.39, 0.29) is 11.5 Å². The molecule has 1 aromatic heterocycles. The Labute approximate surface area is 205 Å². The summed E-state index contributed by atoms with van der Waals surface area (Å²) in [5.74, 6) is 0.158. The molecule has 1 atom stereocenters. The zero-order valence-electron chi connectivity index (χ0n) is 20.0. The van der Waals surface area contributed by atoms with Crippen LogP contribution in [0.3, 0.4) is 0 Å². The van der Waals surface area contributed by atoms with E-state index in [0.29, 0.717) is 18.6 Å². The van der Waals surface area contributed by atoms with Crippen molar-refractivity contribution in [1.82, 2.24) is 5.32 Å². The van der Waals surface area contributed by atoms with Gasteiger partial charge in [-0.1, -0.05) is 50.5 Å². The average molecular weight is 474 g/mol. The Bertz CT molecular complexity index is 1200. The first kappa shape index (κ1) is 24.3. The van der Waals surface area contributed by atoms with Crippen LogP contribution < -0.4 is 10.1 Å². The number of rotatable bonds is 11. The number of carboxylic acid groups (broad SMARTS) is 1. The highest BCUT2D eigenvalue weighted by atomic mass is 16.5. The van der Waals surface area contributed by atoms with E-state index in [1.54, 1.807) is 12.1 Å². The molecule has 6 nitrogen and oxygen atoms in total. The van der Waals surface area contributed by atoms with Gasteiger partial charge >= 0.3 is 5.97 Å². The standard InChI is InChI=1S/C29H31NO5/c1-2-3-4-5-10-26(34-24-17-13-21(14-18-24)29(32)33)28(31)30-23-15-11-20(12-16-23)27-19-22-8-6-7-9-25(22)35-27/h6-9,11,13-15,17-19,26H,2-5,10,12,16H2,1H3,(H,30,31)(H,32,33). The fourth-order valence-corrected chi connectivity index (χ4v) is 4.17. The summed E-state index contributed by atoms with van der Waals surface area (Å²) in [5, 5.41) is 13.2. The number of furan rings is 1. The fraction of sp³-hybridized carbons (Fsp3) is 0.310. The molecule has 182 valence electrons. The second kappa shape index (κ2) is 11.6. The maximum Gasteiger partial charge on any atom is 0.335 e. The van der Waals surface area contributed by atoms with Crippen LogP contribution in [0.15, 0.2) is 76.9 Å². The largest absolute Gasteiger partial charge is 0.481 e. The molecule has 0 fully saturated rings. The number of aromatic carboxylic acids is 1. The minimum Gasteiger partial charge on any atom is -0.481 e. The number of ether oxygens (including phenoxy) is 1. The van der Waals surface area contributed by atoms with Gasteiger partial charge < -0.3 is 19.6 Å². The van der Waals surface area contributed by atoms with Crippen LogP contribution >= 0.6 is 0 Å². The molecule has 2 aromatic carbocycles. The van der Waals surface area contributed by atoms with Gasteiger partial charge in [0.1, 0.15) is 17.1 Å². The Morgan fingerprint density at radius 3 is 2.51 bits per heavy atom. The predicted molar refractivity (Wildman–Crippen MR) is 136 cm³/mol. The zero-order valence-corrected chi connectivity index (χ0v) is 20.0. The first-order chi connectivity index (χ1) is 17.0. The van der Waals surface area contributed by atoms with Gasteiger partial charge in [0.2, 0.25) is 0 Å². The van der Waals surface area contributed by atoms with Crippen molar-refractivity contribution in [1.29, 1.82) is 0 Å². The smallest absolute Gasteiger partial charge is 0.335 e. The van der Waals surface area contributed by atoms with E-state index in [1.165, 1.54) is 12.1 Å². The van der Waals surface area contributed by atoms with Crippen molar-refractivity contribution in [2.75, 3.05) is 0 Å². The monoisotopic (exact) mass is 473 g/mol. The Hall–Kier alpha value is -3.80. The summed E-state index contributed by atoms with van der Waals surface area (Å²) in [6.07, 6.45) is 9.49. The van der Waals surface area contributed by atoms with Gasteiger partial charge in [-0.15, -0.1) is 0 Å². The van der Waals surface area contributed by atoms with E-state index in [1.807, 2.05) is 42.5 Å². The van der Waals surface area contributed by atoms with Crippen LogP contribution in [0.5, 0.6) is 5.75 Å². The van der Waals surface area contributed by atoms with E-state index in [2.05, 4.69) is 12.2 Å². The number of carboxylic acids is 1. The van der Waals surface area contributed by atoms with Gasteiger partial charge in [0.15, 0.2) is 6.10 Å². The van der Waals surface area contributed by atoms with Crippen LogP contribution in [-0.2, 0) is 4.79 Å². The number of nitrogens with one attached hydrogen (secondary N) is 1. The number of unbranched alkanes of at least 4 members (excludes halogenated alkanes) is 3. The summed E-state index contributed by atoms with van der Waals surface area (Å²) in [6, 6.07) is 16.1. The maximum atomic E-state index is 13.1. The number of para-hydroxylation sites is 1. The van der Waals surface area contributed by atoms with Crippen molar-refractivity contribution < 1.29 is 23.8 Å². The van der Waals surface area contributed by atoms with Crippen molar-refractivity contribution in [2.45, 2.75) is 58.0 Å². The lowest BCUT2D eigenvalue weighted by molar-refractivity contribution is -0.127. The number of carbonyl (C=O) groups excluding carboxylic acids is 1. The molecule has 1 heterocycles. The van der Waals surface area contributed by atoms with Crippen molar-refractivity contribution >= 4 is 28.4 Å². The molecule has 3 aromatic rings. The number of fused-ring (bicyclic) bond motifs is 1. The molecule has 1 aliphatic rings. The maximum absolute atomic E-state index is 13.1. The van der Waals surface area contributed by atoms with Crippen molar-refractivity contribution in [2.24, 2.45) is 0 Å². The third kappa shape index (κ3) is 6.41. The molecular weight excluding hydrogens is 442 g/mol. The molecule has 0 saturated heterocycles. The van der Waals surface area contributed by atoms with Crippen LogP contribution in [-0.4, -0.2) is 23.1 Å². The lowest BCUT2D eigenvalue weighted by Crippen LogP contribution is -2.38. The highest BCUT2D eigenvalue weighted by Crippen LogP contribution is 2.30. The Balaban J connectivity index is 1.42. The van der Waals surface area contributed by atoms with E-state index < -0.39 is 12.1 Å². The van der Waals surface area contributed by atoms with E-state index >= 15 is 0 Å². The third-order valence-electron chi connectivity index (χ3n) is 6.17. The molecule has 35 heavy (non-hydrogen) atoms. The molecule has 1 unspecified atom stereocenters. The molecule has 6 heteroatoms. The molecule has 4 rings (SSSR count). The topological polar surface area (TPSA) is 88.8 Å². The number of amides is 1. The molecule has 0 radical (unpaired) electrons. The summed E-state index contributed by atoms with van der Waals surface area (Å²) in [5.41, 5.74) is 3.00. The third-order valence-corrected chi connectivity index (χ3v) is 6.17. The first-order valence-corrected chi connectivity index (χ1v) is 12.2. The predicted octanol–water partition coefficient (Wildman–Crippen LogP) is 6.73. The lowest BCUT2D eigenvalue weighted by Gasteiger charge is -2.21. The van der Waals surface area contributed by atoms with Crippen LogP contribution in [0.2, 0.25) is 0 Å². The van der Waals surface area contributed by atoms with Gasteiger partial charge in [0, 0.05) is 11.1 Å². The van der Waals surface area contributed by atoms with E-state index in [4.69, 9.17) is 14.3 Å². The molecular formula is C29H31NO5. The zero-order chi connectivity index (χ0) is 24.6. The van der Waals surface area contributed by atoms with Crippen LogP contribution in [0.25, 0.3) is 16.5 Å². The number of benzene rings is 2. The second-order valence-electron chi connectivity index (χ2n) is 8.81. The first-order valence-electron chi connectivity index (χ1n) is 12.2. The van der Waals surface area contributed by atoms with Gasteiger partial charge in [-0.2, -0.15) is 0 Å². The van der Waals surface area contributed by atoms with Crippen molar-refractivity contribution in [3.8, 4) is 5.75 Å². The summed E-state index contributed by atoms with van der Waals surface area (Å²) in [4.78, 5) is 24.2. The highest BCUT2D eigenvalue weighted by Gasteiger charge is 2.22. The molecule has 1 amide bonds. The minimum atomic E-state index is -0.996. The molecule has 2 N–H and O–H groups in total. The van der Waals surface area contributed by atoms with Crippen LogP contribution in [0.4, 0.5) is 0 Å². The molecule has 1 aliphatic carbocycles. The Morgan fingerprint density at radius 1 is 1.03 bits per heavy atom. The lowest BCUT2D eigenvalue weighted by atomic mass is 10.00. The minimum absolute atomic E-state index is 0.181. The fourth-order valence-electron chi connectivity index (χ4n) is 4.17. The number of carbonyl (C=O) groups is 2. The van der Waals surface area contributed by atoms with Gasteiger partial charge in [-0.05, 0) is 73.7 Å². The normalized spacial score (nSPS) is 14.2. The van der Waals surface area contributed by atoms with Gasteiger partial charge in [-0.25, -0.2) is 4.79 Å². The molecule has 0 aliphatic heterocycles. The van der Waals surface area contributed by atoms with Gasteiger partial charge in [-0.3, -0.25) is 4.79 Å². The van der Waals surface area contributed by atoms with E-state index in [9.17, 15) is 9.59 Å². The summed E-state index contributed by atoms with van der Waals surface area (Å²) >= 11 is 0. The summed E-state index contributed by atoms with van der Waals surface area (Å²) in [6.45, 7) is 2.15. The van der Waals surface area contributed by atoms with E-state index in [0.717, 1.165) is 60.1 Å². The average Bonchev–Trinajstić information content (AvgIpc) is 3.31. The Kier molecular flexibility index (Phi) is 8.03. The number of hydrogen-bond acceptors (Lipinski definition) is 4. The summed E-state index contributed by atoms with van der Waals surface area (Å²) in [7, 11) is 0. The van der Waals surface area contributed by atoms with Crippen LogP contribution in [0.1, 0.15) is 68.0 Å². The number of allylic oxidation sites excluding steroid dienone is 4. The summed E-state index contributed by atoms with van der Waals surface area (Å²) < 4.78 is 12.0. The Morgan fingerprint density at radius 2 is 1.83 bits per heavy atom. The van der Waals surface area contributed by atoms with Crippen molar-refractivity contribution in [3.05, 3.63) is 83.8 Å². The number of hydrogen-bond donors (Lipinski definition) is 2. The van der Waals surface area contributed by atoms with Crippen molar-refractivity contribution in [3.63, 3.8) is 0 Å².